The molecule has 0 aromatic heterocycles. The van der Waals surface area contributed by atoms with Gasteiger partial charge in [0.15, 0.2) is 0 Å². The number of hydrogen-bond donors (Lipinski definition) is 2. The Hall–Kier alpha value is -0.650. The van der Waals surface area contributed by atoms with E-state index in [4.69, 9.17) is 0 Å². The standard InChI is InChI=1S/C8H18N2O3/c1-10(2)5-7(11)4-9-8(12)6-13-3/h7,11H,4-6H2,1-3H3,(H,9,12)/t7-/m1/s1. The predicted octanol–water partition coefficient (Wildman–Crippen LogP) is -1.33. The van der Waals surface area contributed by atoms with E-state index in [1.54, 1.807) is 0 Å². The normalized spacial score (nSPS) is 13.0. The van der Waals surface area contributed by atoms with Gasteiger partial charge in [-0.2, -0.15) is 0 Å². The number of carbonyl (C=O) groups excluding carboxylic acids is 1. The number of methoxy groups -OCH3 is 1. The lowest BCUT2D eigenvalue weighted by Gasteiger charge is -2.16. The first-order valence-electron chi connectivity index (χ1n) is 4.14. The Morgan fingerprint density at radius 1 is 1.62 bits per heavy atom. The molecular weight excluding hydrogens is 172 g/mol. The number of amides is 1. The smallest absolute Gasteiger partial charge is 0.246 e. The predicted molar refractivity (Wildman–Crippen MR) is 49.4 cm³/mol. The van der Waals surface area contributed by atoms with Crippen LogP contribution in [0.15, 0.2) is 0 Å². The fraction of sp³-hybridized carbons (Fsp3) is 0.875. The molecule has 13 heavy (non-hydrogen) atoms. The molecule has 0 aromatic rings. The van der Waals surface area contributed by atoms with E-state index in [0.717, 1.165) is 0 Å². The van der Waals surface area contributed by atoms with Gasteiger partial charge >= 0.3 is 0 Å². The molecule has 2 N–H and O–H groups in total. The van der Waals surface area contributed by atoms with Gasteiger partial charge in [0.1, 0.15) is 6.61 Å². The van der Waals surface area contributed by atoms with Crippen LogP contribution >= 0.6 is 0 Å². The summed E-state index contributed by atoms with van der Waals surface area (Å²) in [5.74, 6) is -0.208. The molecule has 0 heterocycles. The minimum absolute atomic E-state index is 0.0364. The van der Waals surface area contributed by atoms with Crippen LogP contribution in [0.25, 0.3) is 0 Å². The number of nitrogens with zero attached hydrogens (tertiary/aromatic N) is 1. The Morgan fingerprint density at radius 2 is 2.23 bits per heavy atom. The van der Waals surface area contributed by atoms with Crippen molar-refractivity contribution >= 4 is 5.91 Å². The highest BCUT2D eigenvalue weighted by Crippen LogP contribution is 1.83. The van der Waals surface area contributed by atoms with E-state index in [1.165, 1.54) is 7.11 Å². The molecule has 0 aromatic carbocycles. The number of nitrogens with one attached hydrogen (secondary N) is 1. The number of rotatable bonds is 6. The van der Waals surface area contributed by atoms with Crippen LogP contribution in [0, 0.1) is 0 Å². The first kappa shape index (κ1) is 12.3. The number of hydrogen-bond acceptors (Lipinski definition) is 4. The minimum Gasteiger partial charge on any atom is -0.390 e. The average molecular weight is 190 g/mol. The summed E-state index contributed by atoms with van der Waals surface area (Å²) in [7, 11) is 5.18. The monoisotopic (exact) mass is 190 g/mol. The van der Waals surface area contributed by atoms with Crippen molar-refractivity contribution in [3.63, 3.8) is 0 Å². The molecule has 0 unspecified atom stereocenters. The molecule has 0 spiro atoms. The maximum absolute atomic E-state index is 10.9. The third-order valence-corrected chi connectivity index (χ3v) is 1.39. The largest absolute Gasteiger partial charge is 0.390 e. The highest BCUT2D eigenvalue weighted by Gasteiger charge is 2.07. The molecule has 0 fully saturated rings. The second-order valence-electron chi connectivity index (χ2n) is 3.15. The zero-order chi connectivity index (χ0) is 10.3. The molecule has 0 saturated heterocycles. The minimum atomic E-state index is -0.532. The molecule has 1 amide bonds. The molecule has 78 valence electrons. The SMILES string of the molecule is COCC(=O)NC[C@@H](O)CN(C)C. The van der Waals surface area contributed by atoms with Crippen LogP contribution in [-0.2, 0) is 9.53 Å². The Morgan fingerprint density at radius 3 is 2.69 bits per heavy atom. The summed E-state index contributed by atoms with van der Waals surface area (Å²) in [5, 5.41) is 11.9. The second-order valence-corrected chi connectivity index (χ2v) is 3.15. The highest BCUT2D eigenvalue weighted by molar-refractivity contribution is 5.77. The Kier molecular flexibility index (Phi) is 6.48. The fourth-order valence-corrected chi connectivity index (χ4v) is 0.900. The topological polar surface area (TPSA) is 61.8 Å². The van der Waals surface area contributed by atoms with Crippen molar-refractivity contribution in [2.75, 3.05) is 40.9 Å². The molecule has 0 radical (unpaired) electrons. The zero-order valence-corrected chi connectivity index (χ0v) is 8.41. The molecule has 1 atom stereocenters. The van der Waals surface area contributed by atoms with Crippen LogP contribution in [0.3, 0.4) is 0 Å². The molecule has 0 aliphatic heterocycles. The van der Waals surface area contributed by atoms with Crippen LogP contribution < -0.4 is 5.32 Å². The second kappa shape index (κ2) is 6.82. The van der Waals surface area contributed by atoms with Crippen molar-refractivity contribution in [1.29, 1.82) is 0 Å². The number of aliphatic hydroxyl groups is 1. The van der Waals surface area contributed by atoms with Gasteiger partial charge in [-0.3, -0.25) is 4.79 Å². The lowest BCUT2D eigenvalue weighted by molar-refractivity contribution is -0.125. The number of likely N-dealkylation sites (N-methyl/N-ethyl adjacent to an activating group) is 1. The van der Waals surface area contributed by atoms with Crippen LogP contribution in [-0.4, -0.2) is 62.9 Å². The van der Waals surface area contributed by atoms with Crippen LogP contribution in [0.2, 0.25) is 0 Å². The number of carbonyl (C=O) groups is 1. The molecule has 0 rings (SSSR count). The van der Waals surface area contributed by atoms with Gasteiger partial charge in [0, 0.05) is 20.2 Å². The van der Waals surface area contributed by atoms with Gasteiger partial charge in [-0.05, 0) is 14.1 Å². The van der Waals surface area contributed by atoms with Gasteiger partial charge in [-0.1, -0.05) is 0 Å². The van der Waals surface area contributed by atoms with E-state index in [1.807, 2.05) is 19.0 Å². The summed E-state index contributed by atoms with van der Waals surface area (Å²) in [5.41, 5.74) is 0. The first-order valence-corrected chi connectivity index (χ1v) is 4.14. The number of aliphatic hydroxyl groups excluding tert-OH is 1. The maximum Gasteiger partial charge on any atom is 0.246 e. The lowest BCUT2D eigenvalue weighted by Crippen LogP contribution is -2.38. The van der Waals surface area contributed by atoms with Crippen molar-refractivity contribution in [2.24, 2.45) is 0 Å². The summed E-state index contributed by atoms with van der Waals surface area (Å²) in [6.45, 7) is 0.836. The van der Waals surface area contributed by atoms with Crippen LogP contribution in [0.5, 0.6) is 0 Å². The van der Waals surface area contributed by atoms with Crippen molar-refractivity contribution in [3.05, 3.63) is 0 Å². The van der Waals surface area contributed by atoms with Gasteiger partial charge < -0.3 is 20.1 Å². The molecule has 0 bridgehead atoms. The molecule has 0 aliphatic carbocycles. The van der Waals surface area contributed by atoms with E-state index < -0.39 is 6.10 Å². The summed E-state index contributed by atoms with van der Waals surface area (Å²) in [6.07, 6.45) is -0.532. The van der Waals surface area contributed by atoms with E-state index in [2.05, 4.69) is 10.1 Å². The Labute approximate surface area is 78.7 Å². The average Bonchev–Trinajstić information content (AvgIpc) is 2.00. The highest BCUT2D eigenvalue weighted by atomic mass is 16.5. The summed E-state index contributed by atoms with van der Waals surface area (Å²) < 4.78 is 4.61. The van der Waals surface area contributed by atoms with Crippen LogP contribution in [0.1, 0.15) is 0 Å². The summed E-state index contributed by atoms with van der Waals surface area (Å²) in [4.78, 5) is 12.7. The Balaban J connectivity index is 3.45. The van der Waals surface area contributed by atoms with Crippen molar-refractivity contribution in [2.45, 2.75) is 6.10 Å². The first-order chi connectivity index (χ1) is 6.06. The van der Waals surface area contributed by atoms with Gasteiger partial charge in [-0.15, -0.1) is 0 Å². The van der Waals surface area contributed by atoms with E-state index >= 15 is 0 Å². The molecular formula is C8H18N2O3. The van der Waals surface area contributed by atoms with E-state index in [-0.39, 0.29) is 19.1 Å². The third-order valence-electron chi connectivity index (χ3n) is 1.39. The number of ether oxygens (including phenoxy) is 1. The van der Waals surface area contributed by atoms with Gasteiger partial charge in [0.2, 0.25) is 5.91 Å². The zero-order valence-electron chi connectivity index (χ0n) is 8.41. The molecule has 0 aliphatic rings. The molecule has 5 heteroatoms. The Bertz CT molecular complexity index is 150. The van der Waals surface area contributed by atoms with Crippen LogP contribution in [0.4, 0.5) is 0 Å². The quantitative estimate of drug-likeness (QED) is 0.545. The molecule has 0 saturated carbocycles. The summed E-state index contributed by atoms with van der Waals surface area (Å²) in [6, 6.07) is 0. The third kappa shape index (κ3) is 7.70. The lowest BCUT2D eigenvalue weighted by atomic mass is 10.3. The molecule has 5 nitrogen and oxygen atoms in total. The van der Waals surface area contributed by atoms with Crippen molar-refractivity contribution in [1.82, 2.24) is 10.2 Å². The van der Waals surface area contributed by atoms with Crippen molar-refractivity contribution < 1.29 is 14.6 Å². The van der Waals surface area contributed by atoms with Gasteiger partial charge in [0.25, 0.3) is 0 Å². The van der Waals surface area contributed by atoms with Gasteiger partial charge in [0.05, 0.1) is 6.10 Å². The van der Waals surface area contributed by atoms with Crippen molar-refractivity contribution in [3.8, 4) is 0 Å². The van der Waals surface area contributed by atoms with E-state index in [9.17, 15) is 9.90 Å². The maximum atomic E-state index is 10.9. The fourth-order valence-electron chi connectivity index (χ4n) is 0.900. The van der Waals surface area contributed by atoms with Gasteiger partial charge in [-0.25, -0.2) is 0 Å². The summed E-state index contributed by atoms with van der Waals surface area (Å²) >= 11 is 0. The van der Waals surface area contributed by atoms with E-state index in [0.29, 0.717) is 6.54 Å².